The van der Waals surface area contributed by atoms with Gasteiger partial charge < -0.3 is 10.6 Å². The molecule has 1 aliphatic rings. The summed E-state index contributed by atoms with van der Waals surface area (Å²) in [6.07, 6.45) is 0.479. The lowest BCUT2D eigenvalue weighted by Gasteiger charge is -2.36. The third-order valence-electron chi connectivity index (χ3n) is 4.11. The van der Waals surface area contributed by atoms with Crippen LogP contribution in [0.5, 0.6) is 0 Å². The van der Waals surface area contributed by atoms with Gasteiger partial charge in [-0.15, -0.1) is 0 Å². The van der Waals surface area contributed by atoms with E-state index in [0.29, 0.717) is 0 Å². The average Bonchev–Trinajstić information content (AvgIpc) is 2.54. The van der Waals surface area contributed by atoms with E-state index in [1.807, 2.05) is 42.5 Å². The fourth-order valence-corrected chi connectivity index (χ4v) is 3.08. The summed E-state index contributed by atoms with van der Waals surface area (Å²) in [6, 6.07) is 18.1. The number of rotatable bonds is 4. The van der Waals surface area contributed by atoms with Crippen molar-refractivity contribution in [1.82, 2.24) is 10.6 Å². The monoisotopic (exact) mass is 373 g/mol. The van der Waals surface area contributed by atoms with Crippen molar-refractivity contribution in [1.29, 1.82) is 0 Å². The first-order valence-electron chi connectivity index (χ1n) is 7.74. The van der Waals surface area contributed by atoms with Crippen LogP contribution in [0.3, 0.4) is 0 Å². The molecule has 2 aromatic carbocycles. The van der Waals surface area contributed by atoms with E-state index in [2.05, 4.69) is 50.9 Å². The zero-order valence-electron chi connectivity index (χ0n) is 12.9. The average molecular weight is 374 g/mol. The van der Waals surface area contributed by atoms with E-state index in [0.717, 1.165) is 22.1 Å². The van der Waals surface area contributed by atoms with Crippen LogP contribution in [-0.4, -0.2) is 18.2 Å². The summed E-state index contributed by atoms with van der Waals surface area (Å²) in [5, 5.41) is 9.72. The lowest BCUT2D eigenvalue weighted by molar-refractivity contribution is -0.128. The summed E-state index contributed by atoms with van der Waals surface area (Å²) in [6.45, 7) is 2.06. The number of nitrogens with one attached hydrogen (secondary N) is 3. The molecule has 2 aromatic rings. The highest BCUT2D eigenvalue weighted by Gasteiger charge is 2.33. The summed E-state index contributed by atoms with van der Waals surface area (Å²) < 4.78 is 1.05. The van der Waals surface area contributed by atoms with Gasteiger partial charge in [-0.05, 0) is 43.2 Å². The van der Waals surface area contributed by atoms with Gasteiger partial charge in [-0.1, -0.05) is 46.3 Å². The highest BCUT2D eigenvalue weighted by Crippen LogP contribution is 2.19. The highest BCUT2D eigenvalue weighted by molar-refractivity contribution is 9.10. The van der Waals surface area contributed by atoms with Gasteiger partial charge in [0, 0.05) is 16.2 Å². The van der Waals surface area contributed by atoms with Crippen molar-refractivity contribution in [3.8, 4) is 0 Å². The van der Waals surface area contributed by atoms with Gasteiger partial charge in [0.25, 0.3) is 0 Å². The van der Waals surface area contributed by atoms with Crippen LogP contribution >= 0.6 is 15.9 Å². The Hall–Kier alpha value is -1.85. The van der Waals surface area contributed by atoms with E-state index in [9.17, 15) is 4.79 Å². The maximum absolute atomic E-state index is 12.5. The molecule has 5 heteroatoms. The minimum absolute atomic E-state index is 0.0765. The van der Waals surface area contributed by atoms with Crippen LogP contribution in [-0.2, 0) is 11.2 Å². The number of carbonyl (C=O) groups excluding carboxylic acids is 1. The normalized spacial score (nSPS) is 24.1. The van der Waals surface area contributed by atoms with Gasteiger partial charge in [-0.3, -0.25) is 10.1 Å². The predicted octanol–water partition coefficient (Wildman–Crippen LogP) is 3.11. The minimum atomic E-state index is -0.249. The van der Waals surface area contributed by atoms with Crippen molar-refractivity contribution in [3.63, 3.8) is 0 Å². The molecule has 0 spiro atoms. The van der Waals surface area contributed by atoms with Gasteiger partial charge >= 0.3 is 0 Å². The van der Waals surface area contributed by atoms with Crippen LogP contribution in [0.25, 0.3) is 0 Å². The van der Waals surface area contributed by atoms with Gasteiger partial charge in [-0.2, -0.15) is 0 Å². The highest BCUT2D eigenvalue weighted by atomic mass is 79.9. The number of hydrogen-bond acceptors (Lipinski definition) is 3. The first kappa shape index (κ1) is 16.0. The first-order valence-corrected chi connectivity index (χ1v) is 8.53. The SMILES string of the molecule is CC1NC(Nc2ccccc2)NC(=O)C1Cc1ccc(Br)cc1. The fraction of sp³-hybridized carbons (Fsp3) is 0.278. The lowest BCUT2D eigenvalue weighted by atomic mass is 9.91. The molecule has 3 unspecified atom stereocenters. The molecule has 0 bridgehead atoms. The van der Waals surface area contributed by atoms with Crippen LogP contribution in [0.15, 0.2) is 59.1 Å². The third-order valence-corrected chi connectivity index (χ3v) is 4.64. The number of halogens is 1. The molecule has 3 atom stereocenters. The van der Waals surface area contributed by atoms with Crippen molar-refractivity contribution >= 4 is 27.5 Å². The third kappa shape index (κ3) is 4.12. The second-order valence-corrected chi connectivity index (χ2v) is 6.76. The number of amides is 1. The van der Waals surface area contributed by atoms with Crippen LogP contribution < -0.4 is 16.0 Å². The van der Waals surface area contributed by atoms with Gasteiger partial charge in [0.2, 0.25) is 5.91 Å². The second kappa shape index (κ2) is 7.15. The molecule has 1 amide bonds. The molecule has 0 saturated carbocycles. The van der Waals surface area contributed by atoms with E-state index in [1.165, 1.54) is 0 Å². The van der Waals surface area contributed by atoms with E-state index in [-0.39, 0.29) is 24.2 Å². The Morgan fingerprint density at radius 1 is 1.09 bits per heavy atom. The number of carbonyl (C=O) groups is 1. The number of benzene rings is 2. The number of hydrogen-bond donors (Lipinski definition) is 3. The summed E-state index contributed by atoms with van der Waals surface area (Å²) >= 11 is 3.43. The molecule has 1 saturated heterocycles. The van der Waals surface area contributed by atoms with Gasteiger partial charge in [0.15, 0.2) is 6.29 Å². The molecule has 23 heavy (non-hydrogen) atoms. The Morgan fingerprint density at radius 3 is 2.43 bits per heavy atom. The van der Waals surface area contributed by atoms with Crippen LogP contribution in [0.4, 0.5) is 5.69 Å². The Bertz CT molecular complexity index is 660. The Labute approximate surface area is 144 Å². The van der Waals surface area contributed by atoms with Gasteiger partial charge in [-0.25, -0.2) is 0 Å². The Kier molecular flexibility index (Phi) is 4.98. The zero-order valence-corrected chi connectivity index (χ0v) is 14.5. The fourth-order valence-electron chi connectivity index (χ4n) is 2.82. The summed E-state index contributed by atoms with van der Waals surface area (Å²) in [5.74, 6) is -0.00222. The van der Waals surface area contributed by atoms with Crippen LogP contribution in [0.2, 0.25) is 0 Å². The van der Waals surface area contributed by atoms with Crippen molar-refractivity contribution in [3.05, 3.63) is 64.6 Å². The molecule has 0 aliphatic carbocycles. The summed E-state index contributed by atoms with van der Waals surface area (Å²) in [5.41, 5.74) is 2.14. The largest absolute Gasteiger partial charge is 0.353 e. The maximum Gasteiger partial charge on any atom is 0.227 e. The molecule has 1 fully saturated rings. The molecule has 1 heterocycles. The molecule has 1 aliphatic heterocycles. The first-order chi connectivity index (χ1) is 11.1. The smallest absolute Gasteiger partial charge is 0.227 e. The molecular formula is C18H20BrN3O. The lowest BCUT2D eigenvalue weighted by Crippen LogP contribution is -2.63. The van der Waals surface area contributed by atoms with Crippen LogP contribution in [0.1, 0.15) is 12.5 Å². The van der Waals surface area contributed by atoms with Crippen LogP contribution in [0, 0.1) is 5.92 Å². The minimum Gasteiger partial charge on any atom is -0.353 e. The quantitative estimate of drug-likeness (QED) is 0.771. The molecule has 120 valence electrons. The Morgan fingerprint density at radius 2 is 1.78 bits per heavy atom. The second-order valence-electron chi connectivity index (χ2n) is 5.84. The van der Waals surface area contributed by atoms with E-state index < -0.39 is 0 Å². The standard InChI is InChI=1S/C18H20BrN3O/c1-12-16(11-13-7-9-14(19)10-8-13)17(23)22-18(20-12)21-15-5-3-2-4-6-15/h2-10,12,16,18,20-21H,11H2,1H3,(H,22,23). The van der Waals surface area contributed by atoms with Gasteiger partial charge in [0.1, 0.15) is 0 Å². The van der Waals surface area contributed by atoms with Crippen molar-refractivity contribution in [2.45, 2.75) is 25.7 Å². The summed E-state index contributed by atoms with van der Waals surface area (Å²) in [7, 11) is 0. The maximum atomic E-state index is 12.5. The number of para-hydroxylation sites is 1. The van der Waals surface area contributed by atoms with E-state index in [4.69, 9.17) is 0 Å². The number of anilines is 1. The van der Waals surface area contributed by atoms with E-state index in [1.54, 1.807) is 0 Å². The zero-order chi connectivity index (χ0) is 16.2. The molecule has 0 aromatic heterocycles. The van der Waals surface area contributed by atoms with Crippen molar-refractivity contribution in [2.24, 2.45) is 5.92 Å². The van der Waals surface area contributed by atoms with Gasteiger partial charge in [0.05, 0.1) is 5.92 Å². The topological polar surface area (TPSA) is 53.2 Å². The molecular weight excluding hydrogens is 354 g/mol. The van der Waals surface area contributed by atoms with Crippen molar-refractivity contribution in [2.75, 3.05) is 5.32 Å². The molecule has 3 N–H and O–H groups in total. The molecule has 3 rings (SSSR count). The molecule has 0 radical (unpaired) electrons. The van der Waals surface area contributed by atoms with E-state index >= 15 is 0 Å². The summed E-state index contributed by atoms with van der Waals surface area (Å²) in [4.78, 5) is 12.5. The molecule has 4 nitrogen and oxygen atoms in total. The van der Waals surface area contributed by atoms with Crippen molar-refractivity contribution < 1.29 is 4.79 Å². The Balaban J connectivity index is 1.63. The predicted molar refractivity (Wildman–Crippen MR) is 95.9 cm³/mol.